The lowest BCUT2D eigenvalue weighted by molar-refractivity contribution is -0.130. The highest BCUT2D eigenvalue weighted by atomic mass is 16.5. The summed E-state index contributed by atoms with van der Waals surface area (Å²) in [5.41, 5.74) is 0.963. The van der Waals surface area contributed by atoms with Gasteiger partial charge in [-0.3, -0.25) is 19.4 Å². The zero-order valence-corrected chi connectivity index (χ0v) is 18.6. The van der Waals surface area contributed by atoms with Crippen LogP contribution in [0.15, 0.2) is 24.3 Å². The molecule has 1 fully saturated rings. The molecule has 7 nitrogen and oxygen atoms in total. The van der Waals surface area contributed by atoms with E-state index in [0.717, 1.165) is 37.5 Å². The van der Waals surface area contributed by atoms with E-state index in [4.69, 9.17) is 4.74 Å². The van der Waals surface area contributed by atoms with Crippen LogP contribution in [0.2, 0.25) is 0 Å². The Balaban J connectivity index is 1.87. The predicted octanol–water partition coefficient (Wildman–Crippen LogP) is 1.79. The Labute approximate surface area is 174 Å². The van der Waals surface area contributed by atoms with Gasteiger partial charge in [-0.2, -0.15) is 0 Å². The minimum Gasteiger partial charge on any atom is -0.496 e. The van der Waals surface area contributed by atoms with Crippen molar-refractivity contribution in [2.75, 3.05) is 33.3 Å². The van der Waals surface area contributed by atoms with E-state index in [-0.39, 0.29) is 36.0 Å². The van der Waals surface area contributed by atoms with Crippen LogP contribution in [0.3, 0.4) is 0 Å². The van der Waals surface area contributed by atoms with Crippen molar-refractivity contribution in [1.29, 1.82) is 0 Å². The van der Waals surface area contributed by atoms with Gasteiger partial charge in [-0.1, -0.05) is 18.2 Å². The Bertz CT molecular complexity index is 686. The number of benzene rings is 1. The van der Waals surface area contributed by atoms with Crippen LogP contribution in [-0.2, 0) is 9.59 Å². The summed E-state index contributed by atoms with van der Waals surface area (Å²) in [5.74, 6) is 0.836. The topological polar surface area (TPSA) is 73.9 Å². The molecule has 1 aromatic rings. The smallest absolute Gasteiger partial charge is 0.237 e. The van der Waals surface area contributed by atoms with Gasteiger partial charge in [0.15, 0.2) is 0 Å². The van der Waals surface area contributed by atoms with Gasteiger partial charge in [-0.05, 0) is 40.7 Å². The first kappa shape index (κ1) is 23.2. The van der Waals surface area contributed by atoms with E-state index in [1.54, 1.807) is 7.11 Å². The summed E-state index contributed by atoms with van der Waals surface area (Å²) in [6, 6.07) is 7.35. The van der Waals surface area contributed by atoms with Crippen LogP contribution in [0.1, 0.15) is 46.2 Å². The van der Waals surface area contributed by atoms with Crippen LogP contribution >= 0.6 is 0 Å². The number of para-hydroxylation sites is 1. The quantitative estimate of drug-likeness (QED) is 0.691. The average Bonchev–Trinajstić information content (AvgIpc) is 2.72. The monoisotopic (exact) mass is 404 g/mol. The molecule has 0 radical (unpaired) electrons. The number of ether oxygens (including phenoxy) is 1. The van der Waals surface area contributed by atoms with Gasteiger partial charge in [0, 0.05) is 37.8 Å². The molecule has 162 valence electrons. The van der Waals surface area contributed by atoms with Gasteiger partial charge in [-0.25, -0.2) is 0 Å². The zero-order chi connectivity index (χ0) is 21.6. The number of carbonyl (C=O) groups excluding carboxylic acids is 2. The van der Waals surface area contributed by atoms with E-state index in [2.05, 4.69) is 20.4 Å². The number of methoxy groups -OCH3 is 1. The van der Waals surface area contributed by atoms with Crippen LogP contribution in [-0.4, -0.2) is 73.0 Å². The van der Waals surface area contributed by atoms with Gasteiger partial charge in [0.25, 0.3) is 0 Å². The second-order valence-corrected chi connectivity index (χ2v) is 8.06. The molecule has 7 heteroatoms. The highest BCUT2D eigenvalue weighted by Gasteiger charge is 2.30. The molecule has 0 aliphatic carbocycles. The fourth-order valence-electron chi connectivity index (χ4n) is 3.68. The first-order valence-corrected chi connectivity index (χ1v) is 10.5. The maximum atomic E-state index is 12.8. The van der Waals surface area contributed by atoms with Crippen LogP contribution < -0.4 is 15.4 Å². The lowest BCUT2D eigenvalue weighted by atomic mass is 10.1. The van der Waals surface area contributed by atoms with Crippen LogP contribution in [0.5, 0.6) is 5.75 Å². The molecular weight excluding hydrogens is 368 g/mol. The van der Waals surface area contributed by atoms with Gasteiger partial charge in [0.1, 0.15) is 5.75 Å². The van der Waals surface area contributed by atoms with Crippen molar-refractivity contribution in [3.8, 4) is 5.75 Å². The Hall–Kier alpha value is -2.12. The van der Waals surface area contributed by atoms with Gasteiger partial charge in [0.2, 0.25) is 11.8 Å². The molecule has 1 saturated heterocycles. The normalized spacial score (nSPS) is 18.7. The Morgan fingerprint density at radius 1 is 0.862 bits per heavy atom. The molecule has 1 aromatic carbocycles. The number of nitrogens with one attached hydrogen (secondary N) is 2. The molecule has 1 aliphatic heterocycles. The predicted molar refractivity (Wildman–Crippen MR) is 115 cm³/mol. The first-order valence-electron chi connectivity index (χ1n) is 10.5. The molecule has 0 saturated carbocycles. The van der Waals surface area contributed by atoms with E-state index in [0.29, 0.717) is 0 Å². The highest BCUT2D eigenvalue weighted by Crippen LogP contribution is 2.24. The second kappa shape index (κ2) is 10.6. The van der Waals surface area contributed by atoms with Crippen molar-refractivity contribution in [2.45, 2.75) is 58.8 Å². The minimum absolute atomic E-state index is 0.00227. The number of nitrogens with zero attached hydrogens (tertiary/aromatic N) is 2. The van der Waals surface area contributed by atoms with Gasteiger partial charge >= 0.3 is 0 Å². The summed E-state index contributed by atoms with van der Waals surface area (Å²) in [6.45, 7) is 12.8. The zero-order valence-electron chi connectivity index (χ0n) is 18.6. The minimum atomic E-state index is -0.228. The SMILES string of the molecule is COc1ccccc1C(C)NC(=O)C(C)N1CCN(C(C)C(=O)NC(C)C)CC1. The molecule has 29 heavy (non-hydrogen) atoms. The van der Waals surface area contributed by atoms with Gasteiger partial charge in [-0.15, -0.1) is 0 Å². The van der Waals surface area contributed by atoms with Crippen molar-refractivity contribution in [3.63, 3.8) is 0 Å². The summed E-state index contributed by atoms with van der Waals surface area (Å²) in [6.07, 6.45) is 0. The fourth-order valence-corrected chi connectivity index (χ4v) is 3.68. The maximum Gasteiger partial charge on any atom is 0.237 e. The summed E-state index contributed by atoms with van der Waals surface area (Å²) in [5, 5.41) is 6.07. The van der Waals surface area contributed by atoms with Crippen molar-refractivity contribution in [1.82, 2.24) is 20.4 Å². The van der Waals surface area contributed by atoms with Crippen molar-refractivity contribution in [3.05, 3.63) is 29.8 Å². The third-order valence-electron chi connectivity index (χ3n) is 5.60. The van der Waals surface area contributed by atoms with E-state index < -0.39 is 0 Å². The molecule has 2 rings (SSSR count). The second-order valence-electron chi connectivity index (χ2n) is 8.06. The van der Waals surface area contributed by atoms with Crippen LogP contribution in [0.25, 0.3) is 0 Å². The molecule has 0 aromatic heterocycles. The van der Waals surface area contributed by atoms with Gasteiger partial charge in [0.05, 0.1) is 25.2 Å². The van der Waals surface area contributed by atoms with Gasteiger partial charge < -0.3 is 15.4 Å². The Morgan fingerprint density at radius 2 is 1.34 bits per heavy atom. The van der Waals surface area contributed by atoms with E-state index in [1.807, 2.05) is 58.9 Å². The van der Waals surface area contributed by atoms with Crippen molar-refractivity contribution >= 4 is 11.8 Å². The standard InChI is InChI=1S/C22H36N4O3/c1-15(2)23-21(27)17(4)25-11-13-26(14-12-25)18(5)22(28)24-16(3)19-9-7-8-10-20(19)29-6/h7-10,15-18H,11-14H2,1-6H3,(H,23,27)(H,24,28). The lowest BCUT2D eigenvalue weighted by Crippen LogP contribution is -2.58. The Kier molecular flexibility index (Phi) is 8.46. The highest BCUT2D eigenvalue weighted by molar-refractivity contribution is 5.82. The van der Waals surface area contributed by atoms with Crippen molar-refractivity contribution in [2.24, 2.45) is 0 Å². The molecule has 2 N–H and O–H groups in total. The molecule has 1 aliphatic rings. The van der Waals surface area contributed by atoms with E-state index in [1.165, 1.54) is 0 Å². The maximum absolute atomic E-state index is 12.8. The summed E-state index contributed by atoms with van der Waals surface area (Å²) >= 11 is 0. The first-order chi connectivity index (χ1) is 13.7. The van der Waals surface area contributed by atoms with E-state index >= 15 is 0 Å². The summed E-state index contributed by atoms with van der Waals surface area (Å²) in [4.78, 5) is 29.4. The van der Waals surface area contributed by atoms with E-state index in [9.17, 15) is 9.59 Å². The number of carbonyl (C=O) groups is 2. The number of hydrogen-bond acceptors (Lipinski definition) is 5. The number of rotatable bonds is 8. The summed E-state index contributed by atoms with van der Waals surface area (Å²) < 4.78 is 5.40. The molecular formula is C22H36N4O3. The Morgan fingerprint density at radius 3 is 1.83 bits per heavy atom. The average molecular weight is 405 g/mol. The number of hydrogen-bond donors (Lipinski definition) is 2. The largest absolute Gasteiger partial charge is 0.496 e. The molecule has 3 unspecified atom stereocenters. The number of amides is 2. The third kappa shape index (κ3) is 6.18. The molecule has 0 spiro atoms. The van der Waals surface area contributed by atoms with Crippen molar-refractivity contribution < 1.29 is 14.3 Å². The third-order valence-corrected chi connectivity index (χ3v) is 5.60. The fraction of sp³-hybridized carbons (Fsp3) is 0.636. The number of piperazine rings is 1. The van der Waals surface area contributed by atoms with Crippen LogP contribution in [0.4, 0.5) is 0 Å². The molecule has 1 heterocycles. The van der Waals surface area contributed by atoms with Crippen LogP contribution in [0, 0.1) is 0 Å². The lowest BCUT2D eigenvalue weighted by Gasteiger charge is -2.39. The molecule has 3 atom stereocenters. The summed E-state index contributed by atoms with van der Waals surface area (Å²) in [7, 11) is 1.64. The molecule has 2 amide bonds. The molecule has 0 bridgehead atoms.